The number of nitriles is 1. The average molecular weight is 426 g/mol. The van der Waals surface area contributed by atoms with Gasteiger partial charge in [-0.3, -0.25) is 14.7 Å². The zero-order chi connectivity index (χ0) is 21.9. The van der Waals surface area contributed by atoms with Gasteiger partial charge in [0.2, 0.25) is 0 Å². The van der Waals surface area contributed by atoms with Crippen molar-refractivity contribution >= 4 is 0 Å². The van der Waals surface area contributed by atoms with Crippen molar-refractivity contribution in [1.82, 2.24) is 19.9 Å². The van der Waals surface area contributed by atoms with E-state index in [0.717, 1.165) is 66.3 Å². The van der Waals surface area contributed by atoms with E-state index in [9.17, 15) is 4.79 Å². The molecule has 1 aliphatic heterocycles. The van der Waals surface area contributed by atoms with Crippen LogP contribution in [-0.2, 0) is 19.5 Å². The maximum absolute atomic E-state index is 12.8. The predicted octanol–water partition coefficient (Wildman–Crippen LogP) is 4.31. The largest absolute Gasteiger partial charge is 0.310 e. The molecular weight excluding hydrogens is 398 g/mol. The van der Waals surface area contributed by atoms with Crippen LogP contribution < -0.4 is 5.56 Å². The third-order valence-corrected chi connectivity index (χ3v) is 6.68. The maximum atomic E-state index is 12.8. The van der Waals surface area contributed by atoms with Gasteiger partial charge >= 0.3 is 0 Å². The molecule has 1 saturated carbocycles. The lowest BCUT2D eigenvalue weighted by atomic mass is 9.88. The second-order valence-corrected chi connectivity index (χ2v) is 8.92. The number of hydrogen-bond donors (Lipinski definition) is 1. The molecule has 0 saturated heterocycles. The standard InChI is InChI=1S/C26H27N5O/c27-14-18-5-4-8-21(13-18)23-10-9-19(15-28-23)16-31-12-11-24-22(17-31)26(32)30-25(29-24)20-6-2-1-3-7-20/h4-5,8-10,13,15,20H,1-3,6-7,11-12,16-17H2,(H,29,30,32). The minimum atomic E-state index is 0.0334. The summed E-state index contributed by atoms with van der Waals surface area (Å²) < 4.78 is 0. The number of nitrogens with zero attached hydrogens (tertiary/aromatic N) is 4. The molecule has 0 spiro atoms. The molecule has 6 nitrogen and oxygen atoms in total. The van der Waals surface area contributed by atoms with Crippen LogP contribution in [0.25, 0.3) is 11.3 Å². The Kier molecular flexibility index (Phi) is 5.83. The van der Waals surface area contributed by atoms with Gasteiger partial charge < -0.3 is 4.98 Å². The minimum Gasteiger partial charge on any atom is -0.310 e. The Hall–Kier alpha value is -3.30. The summed E-state index contributed by atoms with van der Waals surface area (Å²) >= 11 is 0. The average Bonchev–Trinajstić information content (AvgIpc) is 2.85. The lowest BCUT2D eigenvalue weighted by Gasteiger charge is -2.28. The molecule has 0 bridgehead atoms. The molecule has 0 unspecified atom stereocenters. The summed E-state index contributed by atoms with van der Waals surface area (Å²) in [4.78, 5) is 27.7. The molecule has 2 aliphatic rings. The van der Waals surface area contributed by atoms with Crippen molar-refractivity contribution in [3.63, 3.8) is 0 Å². The molecule has 5 rings (SSSR count). The molecule has 2 aromatic heterocycles. The summed E-state index contributed by atoms with van der Waals surface area (Å²) in [7, 11) is 0. The molecule has 0 radical (unpaired) electrons. The number of pyridine rings is 1. The third-order valence-electron chi connectivity index (χ3n) is 6.68. The Bertz CT molecular complexity index is 1200. The number of hydrogen-bond acceptors (Lipinski definition) is 5. The predicted molar refractivity (Wildman–Crippen MR) is 123 cm³/mol. The van der Waals surface area contributed by atoms with E-state index in [4.69, 9.17) is 10.2 Å². The number of nitrogens with one attached hydrogen (secondary N) is 1. The Morgan fingerprint density at radius 2 is 2.03 bits per heavy atom. The van der Waals surface area contributed by atoms with Gasteiger partial charge in [0.15, 0.2) is 0 Å². The van der Waals surface area contributed by atoms with Crippen molar-refractivity contribution in [3.05, 3.63) is 81.2 Å². The Morgan fingerprint density at radius 1 is 1.16 bits per heavy atom. The highest BCUT2D eigenvalue weighted by atomic mass is 16.1. The van der Waals surface area contributed by atoms with Crippen LogP contribution in [0.15, 0.2) is 47.4 Å². The van der Waals surface area contributed by atoms with Gasteiger partial charge in [0.25, 0.3) is 5.56 Å². The number of aromatic amines is 1. The molecule has 1 aromatic carbocycles. The summed E-state index contributed by atoms with van der Waals surface area (Å²) in [6, 6.07) is 13.7. The van der Waals surface area contributed by atoms with Gasteiger partial charge in [-0.05, 0) is 36.6 Å². The summed E-state index contributed by atoms with van der Waals surface area (Å²) in [5.74, 6) is 1.32. The first-order chi connectivity index (χ1) is 15.7. The fourth-order valence-electron chi connectivity index (χ4n) is 4.90. The first-order valence-electron chi connectivity index (χ1n) is 11.5. The highest BCUT2D eigenvalue weighted by Gasteiger charge is 2.24. The van der Waals surface area contributed by atoms with Crippen LogP contribution in [0.2, 0.25) is 0 Å². The smallest absolute Gasteiger partial charge is 0.255 e. The Labute approximate surface area is 188 Å². The molecule has 162 valence electrons. The molecule has 0 atom stereocenters. The number of aromatic nitrogens is 3. The highest BCUT2D eigenvalue weighted by molar-refractivity contribution is 5.61. The fourth-order valence-corrected chi connectivity index (χ4v) is 4.90. The number of rotatable bonds is 4. The Balaban J connectivity index is 1.28. The molecular formula is C26H27N5O. The van der Waals surface area contributed by atoms with Crippen LogP contribution in [0, 0.1) is 11.3 Å². The van der Waals surface area contributed by atoms with Crippen LogP contribution >= 0.6 is 0 Å². The second kappa shape index (κ2) is 9.05. The van der Waals surface area contributed by atoms with E-state index in [0.29, 0.717) is 18.0 Å². The SMILES string of the molecule is N#Cc1cccc(-c2ccc(CN3CCc4nc(C5CCCCC5)[nH]c(=O)c4C3)cn2)c1. The first kappa shape index (κ1) is 20.6. The van der Waals surface area contributed by atoms with E-state index in [1.807, 2.05) is 30.5 Å². The van der Waals surface area contributed by atoms with Crippen LogP contribution in [-0.4, -0.2) is 26.4 Å². The third kappa shape index (κ3) is 4.35. The topological polar surface area (TPSA) is 85.7 Å². The molecule has 1 N–H and O–H groups in total. The van der Waals surface area contributed by atoms with Gasteiger partial charge in [-0.1, -0.05) is 37.5 Å². The zero-order valence-electron chi connectivity index (χ0n) is 18.2. The summed E-state index contributed by atoms with van der Waals surface area (Å²) in [5.41, 5.74) is 5.36. The molecule has 0 amide bonds. The van der Waals surface area contributed by atoms with Crippen molar-refractivity contribution in [2.24, 2.45) is 0 Å². The van der Waals surface area contributed by atoms with Crippen LogP contribution in [0.3, 0.4) is 0 Å². The van der Waals surface area contributed by atoms with Crippen molar-refractivity contribution in [3.8, 4) is 17.3 Å². The van der Waals surface area contributed by atoms with E-state index >= 15 is 0 Å². The fraction of sp³-hybridized carbons (Fsp3) is 0.385. The van der Waals surface area contributed by atoms with Crippen molar-refractivity contribution in [2.75, 3.05) is 6.54 Å². The van der Waals surface area contributed by atoms with Gasteiger partial charge in [0.1, 0.15) is 5.82 Å². The van der Waals surface area contributed by atoms with E-state index in [-0.39, 0.29) is 5.56 Å². The molecule has 1 fully saturated rings. The van der Waals surface area contributed by atoms with Crippen molar-refractivity contribution in [2.45, 2.75) is 57.5 Å². The van der Waals surface area contributed by atoms with Crippen LogP contribution in [0.4, 0.5) is 0 Å². The number of fused-ring (bicyclic) bond motifs is 1. The number of benzene rings is 1. The molecule has 1 aliphatic carbocycles. The molecule has 3 aromatic rings. The summed E-state index contributed by atoms with van der Waals surface area (Å²) in [5, 5.41) is 9.10. The van der Waals surface area contributed by atoms with E-state index in [1.54, 1.807) is 6.07 Å². The Morgan fingerprint density at radius 3 is 2.81 bits per heavy atom. The van der Waals surface area contributed by atoms with Crippen LogP contribution in [0.5, 0.6) is 0 Å². The first-order valence-corrected chi connectivity index (χ1v) is 11.5. The molecule has 6 heteroatoms. The van der Waals surface area contributed by atoms with Crippen molar-refractivity contribution in [1.29, 1.82) is 5.26 Å². The lowest BCUT2D eigenvalue weighted by molar-refractivity contribution is 0.240. The van der Waals surface area contributed by atoms with Gasteiger partial charge in [-0.2, -0.15) is 5.26 Å². The van der Waals surface area contributed by atoms with E-state index in [2.05, 4.69) is 27.0 Å². The normalized spacial score (nSPS) is 17.0. The molecule has 3 heterocycles. The number of H-pyrrole nitrogens is 1. The second-order valence-electron chi connectivity index (χ2n) is 8.92. The lowest BCUT2D eigenvalue weighted by Crippen LogP contribution is -2.36. The van der Waals surface area contributed by atoms with Gasteiger partial charge in [0, 0.05) is 43.7 Å². The summed E-state index contributed by atoms with van der Waals surface area (Å²) in [6.45, 7) is 2.25. The van der Waals surface area contributed by atoms with Gasteiger partial charge in [-0.15, -0.1) is 0 Å². The van der Waals surface area contributed by atoms with E-state index < -0.39 is 0 Å². The highest BCUT2D eigenvalue weighted by Crippen LogP contribution is 2.31. The monoisotopic (exact) mass is 425 g/mol. The zero-order valence-corrected chi connectivity index (χ0v) is 18.2. The van der Waals surface area contributed by atoms with E-state index in [1.165, 1.54) is 19.3 Å². The maximum Gasteiger partial charge on any atom is 0.255 e. The van der Waals surface area contributed by atoms with Crippen molar-refractivity contribution < 1.29 is 0 Å². The van der Waals surface area contributed by atoms with Crippen LogP contribution in [0.1, 0.15) is 66.2 Å². The quantitative estimate of drug-likeness (QED) is 0.673. The minimum absolute atomic E-state index is 0.0334. The summed E-state index contributed by atoms with van der Waals surface area (Å²) in [6.07, 6.45) is 8.73. The van der Waals surface area contributed by atoms with Gasteiger partial charge in [-0.25, -0.2) is 4.98 Å². The molecule has 32 heavy (non-hydrogen) atoms. The van der Waals surface area contributed by atoms with Gasteiger partial charge in [0.05, 0.1) is 28.6 Å².